The SMILES string of the molecule is CCC(C)c1ccccc1OC(C)C(=O)NCc1ccc(Cl)cc1Cl. The summed E-state index contributed by atoms with van der Waals surface area (Å²) in [5.41, 5.74) is 1.93. The molecular formula is C20H23Cl2NO2. The number of rotatable bonds is 7. The van der Waals surface area contributed by atoms with Gasteiger partial charge in [0.15, 0.2) is 6.10 Å². The molecule has 2 aromatic carbocycles. The van der Waals surface area contributed by atoms with Gasteiger partial charge < -0.3 is 10.1 Å². The molecule has 134 valence electrons. The number of ether oxygens (including phenoxy) is 1. The van der Waals surface area contributed by atoms with Crippen LogP contribution in [0.15, 0.2) is 42.5 Å². The Balaban J connectivity index is 1.99. The molecule has 0 bridgehead atoms. The van der Waals surface area contributed by atoms with E-state index in [1.165, 1.54) is 0 Å². The van der Waals surface area contributed by atoms with Crippen LogP contribution in [0.4, 0.5) is 0 Å². The van der Waals surface area contributed by atoms with Crippen molar-refractivity contribution in [1.82, 2.24) is 5.32 Å². The zero-order valence-corrected chi connectivity index (χ0v) is 16.2. The van der Waals surface area contributed by atoms with Gasteiger partial charge in [0, 0.05) is 16.6 Å². The molecule has 2 atom stereocenters. The Kier molecular flexibility index (Phi) is 7.15. The average molecular weight is 380 g/mol. The number of para-hydroxylation sites is 1. The predicted molar refractivity (Wildman–Crippen MR) is 104 cm³/mol. The van der Waals surface area contributed by atoms with E-state index < -0.39 is 6.10 Å². The van der Waals surface area contributed by atoms with Gasteiger partial charge in [0.05, 0.1) is 0 Å². The number of carbonyl (C=O) groups is 1. The monoisotopic (exact) mass is 379 g/mol. The van der Waals surface area contributed by atoms with E-state index in [-0.39, 0.29) is 5.91 Å². The summed E-state index contributed by atoms with van der Waals surface area (Å²) in [4.78, 5) is 12.3. The van der Waals surface area contributed by atoms with Crippen LogP contribution in [-0.4, -0.2) is 12.0 Å². The van der Waals surface area contributed by atoms with E-state index in [1.54, 1.807) is 25.1 Å². The predicted octanol–water partition coefficient (Wildman–Crippen LogP) is 5.59. The van der Waals surface area contributed by atoms with Gasteiger partial charge in [-0.2, -0.15) is 0 Å². The molecule has 0 aromatic heterocycles. The number of carbonyl (C=O) groups excluding carboxylic acids is 1. The molecule has 0 saturated heterocycles. The first-order valence-corrected chi connectivity index (χ1v) is 9.15. The standard InChI is InChI=1S/C20H23Cl2NO2/c1-4-13(2)17-7-5-6-8-19(17)25-14(3)20(24)23-12-15-9-10-16(21)11-18(15)22/h5-11,13-14H,4,12H2,1-3H3,(H,23,24). The van der Waals surface area contributed by atoms with Crippen molar-refractivity contribution in [3.8, 4) is 5.75 Å². The van der Waals surface area contributed by atoms with Gasteiger partial charge in [-0.15, -0.1) is 0 Å². The van der Waals surface area contributed by atoms with Crippen LogP contribution in [0.1, 0.15) is 44.2 Å². The highest BCUT2D eigenvalue weighted by molar-refractivity contribution is 6.35. The van der Waals surface area contributed by atoms with Crippen molar-refractivity contribution in [2.24, 2.45) is 0 Å². The summed E-state index contributed by atoms with van der Waals surface area (Å²) in [7, 11) is 0. The Morgan fingerprint density at radius 3 is 2.56 bits per heavy atom. The normalized spacial score (nSPS) is 13.2. The van der Waals surface area contributed by atoms with Gasteiger partial charge in [-0.05, 0) is 48.6 Å². The summed E-state index contributed by atoms with van der Waals surface area (Å²) < 4.78 is 5.90. The van der Waals surface area contributed by atoms with Gasteiger partial charge in [0.25, 0.3) is 5.91 Å². The van der Waals surface area contributed by atoms with E-state index in [0.717, 1.165) is 23.3 Å². The highest BCUT2D eigenvalue weighted by Gasteiger charge is 2.18. The molecule has 0 aliphatic carbocycles. The van der Waals surface area contributed by atoms with Crippen LogP contribution in [0.2, 0.25) is 10.0 Å². The van der Waals surface area contributed by atoms with Gasteiger partial charge in [-0.1, -0.05) is 61.3 Å². The second kappa shape index (κ2) is 9.12. The maximum Gasteiger partial charge on any atom is 0.261 e. The maximum absolute atomic E-state index is 12.3. The van der Waals surface area contributed by atoms with E-state index in [0.29, 0.717) is 22.5 Å². The third kappa shape index (κ3) is 5.38. The van der Waals surface area contributed by atoms with Gasteiger partial charge in [0.1, 0.15) is 5.75 Å². The minimum atomic E-state index is -0.601. The maximum atomic E-state index is 12.3. The van der Waals surface area contributed by atoms with Crippen LogP contribution in [0, 0.1) is 0 Å². The Morgan fingerprint density at radius 2 is 1.88 bits per heavy atom. The summed E-state index contributed by atoms with van der Waals surface area (Å²) in [5, 5.41) is 3.95. The first-order chi connectivity index (χ1) is 11.9. The topological polar surface area (TPSA) is 38.3 Å². The fourth-order valence-corrected chi connectivity index (χ4v) is 2.93. The minimum absolute atomic E-state index is 0.190. The van der Waals surface area contributed by atoms with Crippen molar-refractivity contribution in [1.29, 1.82) is 0 Å². The molecule has 0 fully saturated rings. The zero-order valence-electron chi connectivity index (χ0n) is 14.7. The van der Waals surface area contributed by atoms with Crippen LogP contribution >= 0.6 is 23.2 Å². The third-order valence-corrected chi connectivity index (χ3v) is 4.79. The minimum Gasteiger partial charge on any atom is -0.481 e. The second-order valence-corrected chi connectivity index (χ2v) is 6.90. The summed E-state index contributed by atoms with van der Waals surface area (Å²) >= 11 is 12.0. The van der Waals surface area contributed by atoms with Gasteiger partial charge in [-0.25, -0.2) is 0 Å². The number of hydrogen-bond donors (Lipinski definition) is 1. The molecule has 0 aliphatic heterocycles. The Morgan fingerprint density at radius 1 is 1.16 bits per heavy atom. The lowest BCUT2D eigenvalue weighted by Crippen LogP contribution is -2.36. The van der Waals surface area contributed by atoms with E-state index in [1.807, 2.05) is 24.3 Å². The zero-order chi connectivity index (χ0) is 18.4. The van der Waals surface area contributed by atoms with Crippen molar-refractivity contribution in [3.63, 3.8) is 0 Å². The molecule has 0 spiro atoms. The van der Waals surface area contributed by atoms with Crippen molar-refractivity contribution in [2.75, 3.05) is 0 Å². The highest BCUT2D eigenvalue weighted by atomic mass is 35.5. The lowest BCUT2D eigenvalue weighted by molar-refractivity contribution is -0.127. The van der Waals surface area contributed by atoms with Crippen LogP contribution < -0.4 is 10.1 Å². The average Bonchev–Trinajstić information content (AvgIpc) is 2.60. The van der Waals surface area contributed by atoms with Crippen molar-refractivity contribution >= 4 is 29.1 Å². The summed E-state index contributed by atoms with van der Waals surface area (Å²) in [6, 6.07) is 13.1. The van der Waals surface area contributed by atoms with Crippen LogP contribution in [0.25, 0.3) is 0 Å². The van der Waals surface area contributed by atoms with Gasteiger partial charge >= 0.3 is 0 Å². The lowest BCUT2D eigenvalue weighted by Gasteiger charge is -2.19. The van der Waals surface area contributed by atoms with Gasteiger partial charge in [-0.3, -0.25) is 4.79 Å². The molecule has 5 heteroatoms. The summed E-state index contributed by atoms with van der Waals surface area (Å²) in [6.45, 7) is 6.35. The van der Waals surface area contributed by atoms with Crippen LogP contribution in [0.3, 0.4) is 0 Å². The first-order valence-electron chi connectivity index (χ1n) is 8.39. The summed E-state index contributed by atoms with van der Waals surface area (Å²) in [6.07, 6.45) is 0.409. The molecule has 0 saturated carbocycles. The van der Waals surface area contributed by atoms with Crippen LogP contribution in [-0.2, 0) is 11.3 Å². The second-order valence-electron chi connectivity index (χ2n) is 6.06. The number of nitrogens with one attached hydrogen (secondary N) is 1. The Bertz CT molecular complexity index is 733. The van der Waals surface area contributed by atoms with Crippen molar-refractivity contribution < 1.29 is 9.53 Å². The molecule has 0 aliphatic rings. The number of hydrogen-bond acceptors (Lipinski definition) is 2. The molecule has 2 rings (SSSR count). The Hall–Kier alpha value is -1.71. The Labute approximate surface area is 159 Å². The fraction of sp³-hybridized carbons (Fsp3) is 0.350. The molecular weight excluding hydrogens is 357 g/mol. The molecule has 3 nitrogen and oxygen atoms in total. The molecule has 0 radical (unpaired) electrons. The van der Waals surface area contributed by atoms with Crippen LogP contribution in [0.5, 0.6) is 5.75 Å². The molecule has 2 aromatic rings. The lowest BCUT2D eigenvalue weighted by atomic mass is 9.98. The summed E-state index contributed by atoms with van der Waals surface area (Å²) in [5.74, 6) is 0.938. The molecule has 0 heterocycles. The number of halogens is 2. The third-order valence-electron chi connectivity index (χ3n) is 4.20. The van der Waals surface area contributed by atoms with Crippen molar-refractivity contribution in [3.05, 3.63) is 63.6 Å². The molecule has 1 N–H and O–H groups in total. The molecule has 2 unspecified atom stereocenters. The highest BCUT2D eigenvalue weighted by Crippen LogP contribution is 2.29. The smallest absolute Gasteiger partial charge is 0.261 e. The molecule has 1 amide bonds. The van der Waals surface area contributed by atoms with E-state index in [2.05, 4.69) is 19.2 Å². The quantitative estimate of drug-likeness (QED) is 0.680. The van der Waals surface area contributed by atoms with Gasteiger partial charge in [0.2, 0.25) is 0 Å². The van der Waals surface area contributed by atoms with E-state index in [4.69, 9.17) is 27.9 Å². The fourth-order valence-electron chi connectivity index (χ4n) is 2.45. The van der Waals surface area contributed by atoms with Crippen molar-refractivity contribution in [2.45, 2.75) is 45.8 Å². The van der Waals surface area contributed by atoms with E-state index >= 15 is 0 Å². The van der Waals surface area contributed by atoms with E-state index in [9.17, 15) is 4.79 Å². The largest absolute Gasteiger partial charge is 0.481 e. The first kappa shape index (κ1) is 19.6. The number of benzene rings is 2. The molecule has 25 heavy (non-hydrogen) atoms. The number of amides is 1.